The monoisotopic (exact) mass is 531 g/mol. The van der Waals surface area contributed by atoms with Crippen LogP contribution in [0.2, 0.25) is 0 Å². The van der Waals surface area contributed by atoms with E-state index in [0.29, 0.717) is 23.8 Å². The van der Waals surface area contributed by atoms with E-state index >= 15 is 0 Å². The van der Waals surface area contributed by atoms with Gasteiger partial charge in [-0.15, -0.1) is 0 Å². The van der Waals surface area contributed by atoms with E-state index in [2.05, 4.69) is 34.1 Å². The summed E-state index contributed by atoms with van der Waals surface area (Å²) in [6.45, 7) is 0.559. The number of amides is 1. The summed E-state index contributed by atoms with van der Waals surface area (Å²) >= 11 is 3.50. The Balaban J connectivity index is 1.43. The van der Waals surface area contributed by atoms with Gasteiger partial charge in [-0.3, -0.25) is 4.79 Å². The maximum atomic E-state index is 13.5. The number of rotatable bonds is 6. The summed E-state index contributed by atoms with van der Waals surface area (Å²) in [6, 6.07) is 25.8. The highest BCUT2D eigenvalue weighted by Gasteiger charge is 2.33. The summed E-state index contributed by atoms with van der Waals surface area (Å²) < 4.78 is 18.1. The maximum Gasteiger partial charge on any atom is 0.261 e. The Bertz CT molecular complexity index is 1370. The molecule has 0 aliphatic carbocycles. The number of fused-ring (bicyclic) bond motifs is 2. The predicted octanol–water partition coefficient (Wildman–Crippen LogP) is 6.17. The Morgan fingerprint density at radius 1 is 0.914 bits per heavy atom. The maximum absolute atomic E-state index is 13.5. The van der Waals surface area contributed by atoms with Crippen LogP contribution >= 0.6 is 15.9 Å². The molecule has 1 aliphatic heterocycles. The van der Waals surface area contributed by atoms with Gasteiger partial charge in [0.25, 0.3) is 5.91 Å². The van der Waals surface area contributed by atoms with Crippen molar-refractivity contribution >= 4 is 32.6 Å². The summed E-state index contributed by atoms with van der Waals surface area (Å²) in [5.74, 6) is 1.97. The van der Waals surface area contributed by atoms with Crippen molar-refractivity contribution in [2.75, 3.05) is 27.4 Å². The van der Waals surface area contributed by atoms with Crippen LogP contribution in [-0.2, 0) is 11.2 Å². The molecule has 35 heavy (non-hydrogen) atoms. The molecule has 0 saturated carbocycles. The fraction of sp³-hybridized carbons (Fsp3) is 0.207. The molecule has 5 rings (SSSR count). The van der Waals surface area contributed by atoms with Crippen LogP contribution in [0.15, 0.2) is 83.3 Å². The molecule has 0 bridgehead atoms. The largest absolute Gasteiger partial charge is 0.493 e. The topological polar surface area (TPSA) is 48.0 Å². The number of nitrogens with zero attached hydrogens (tertiary/aromatic N) is 1. The first-order chi connectivity index (χ1) is 17.1. The average Bonchev–Trinajstić information content (AvgIpc) is 2.90. The third-order valence-electron chi connectivity index (χ3n) is 6.45. The molecule has 0 saturated heterocycles. The van der Waals surface area contributed by atoms with E-state index in [1.54, 1.807) is 14.2 Å². The Kier molecular flexibility index (Phi) is 6.64. The van der Waals surface area contributed by atoms with E-state index in [1.807, 2.05) is 65.6 Å². The second-order valence-electron chi connectivity index (χ2n) is 8.50. The molecule has 1 atom stereocenters. The van der Waals surface area contributed by atoms with Crippen molar-refractivity contribution in [3.8, 4) is 17.2 Å². The minimum Gasteiger partial charge on any atom is -0.493 e. The quantitative estimate of drug-likeness (QED) is 0.298. The first kappa shape index (κ1) is 23.2. The summed E-state index contributed by atoms with van der Waals surface area (Å²) in [5, 5.41) is 2.17. The van der Waals surface area contributed by atoms with E-state index < -0.39 is 0 Å². The van der Waals surface area contributed by atoms with E-state index in [4.69, 9.17) is 14.2 Å². The number of ether oxygens (including phenoxy) is 3. The average molecular weight is 532 g/mol. The van der Waals surface area contributed by atoms with E-state index in [-0.39, 0.29) is 18.6 Å². The second kappa shape index (κ2) is 10.0. The molecule has 1 amide bonds. The number of methoxy groups -OCH3 is 2. The standard InChI is InChI=1S/C29H26BrNO4/c1-33-26-16-22-12-13-31(29(19-6-4-3-5-7-19)25(22)17-27(26)34-2)28(32)18-35-24-11-9-20-14-23(30)10-8-21(20)15-24/h3-11,14-17,29H,12-13,18H2,1-2H3/t29-/m0/s1. The number of benzene rings is 4. The molecule has 0 N–H and O–H groups in total. The summed E-state index contributed by atoms with van der Waals surface area (Å²) in [7, 11) is 3.27. The van der Waals surface area contributed by atoms with Gasteiger partial charge in [0.1, 0.15) is 5.75 Å². The van der Waals surface area contributed by atoms with Crippen LogP contribution in [0.5, 0.6) is 17.2 Å². The summed E-state index contributed by atoms with van der Waals surface area (Å²) in [6.07, 6.45) is 0.732. The molecule has 0 fully saturated rings. The minimum absolute atomic E-state index is 0.0337. The normalized spacial score (nSPS) is 14.9. The molecule has 1 aliphatic rings. The molecule has 4 aromatic rings. The van der Waals surface area contributed by atoms with Crippen molar-refractivity contribution in [1.82, 2.24) is 4.90 Å². The highest BCUT2D eigenvalue weighted by Crippen LogP contribution is 2.41. The lowest BCUT2D eigenvalue weighted by molar-refractivity contribution is -0.135. The van der Waals surface area contributed by atoms with E-state index in [0.717, 1.165) is 38.4 Å². The van der Waals surface area contributed by atoms with Gasteiger partial charge in [0.2, 0.25) is 0 Å². The van der Waals surface area contributed by atoms with Crippen molar-refractivity contribution in [1.29, 1.82) is 0 Å². The highest BCUT2D eigenvalue weighted by atomic mass is 79.9. The fourth-order valence-corrected chi connectivity index (χ4v) is 5.10. The molecule has 0 radical (unpaired) electrons. The molecule has 5 nitrogen and oxygen atoms in total. The Morgan fingerprint density at radius 2 is 1.63 bits per heavy atom. The van der Waals surface area contributed by atoms with Gasteiger partial charge in [0, 0.05) is 11.0 Å². The van der Waals surface area contributed by atoms with Crippen molar-refractivity contribution in [2.24, 2.45) is 0 Å². The Hall–Kier alpha value is -3.51. The zero-order valence-electron chi connectivity index (χ0n) is 19.7. The van der Waals surface area contributed by atoms with Gasteiger partial charge in [0.15, 0.2) is 18.1 Å². The smallest absolute Gasteiger partial charge is 0.261 e. The number of carbonyl (C=O) groups excluding carboxylic acids is 1. The van der Waals surface area contributed by atoms with Gasteiger partial charge in [-0.1, -0.05) is 58.4 Å². The second-order valence-corrected chi connectivity index (χ2v) is 9.41. The lowest BCUT2D eigenvalue weighted by atomic mass is 9.87. The Labute approximate surface area is 213 Å². The summed E-state index contributed by atoms with van der Waals surface area (Å²) in [4.78, 5) is 15.4. The number of halogens is 1. The van der Waals surface area contributed by atoms with Gasteiger partial charge >= 0.3 is 0 Å². The molecule has 1 heterocycles. The van der Waals surface area contributed by atoms with Crippen LogP contribution in [-0.4, -0.2) is 38.2 Å². The molecule has 4 aromatic carbocycles. The van der Waals surface area contributed by atoms with Gasteiger partial charge in [-0.2, -0.15) is 0 Å². The molecule has 0 unspecified atom stereocenters. The molecule has 178 valence electrons. The fourth-order valence-electron chi connectivity index (χ4n) is 4.72. The van der Waals surface area contributed by atoms with Crippen molar-refractivity contribution in [2.45, 2.75) is 12.5 Å². The van der Waals surface area contributed by atoms with Crippen molar-refractivity contribution in [3.05, 3.63) is 100 Å². The molecule has 0 aromatic heterocycles. The van der Waals surface area contributed by atoms with Crippen LogP contribution in [0.4, 0.5) is 0 Å². The molecular weight excluding hydrogens is 506 g/mol. The lowest BCUT2D eigenvalue weighted by Crippen LogP contribution is -2.43. The third kappa shape index (κ3) is 4.71. The van der Waals surface area contributed by atoms with Gasteiger partial charge < -0.3 is 19.1 Å². The number of carbonyl (C=O) groups is 1. The zero-order chi connectivity index (χ0) is 24.4. The Morgan fingerprint density at radius 3 is 2.40 bits per heavy atom. The zero-order valence-corrected chi connectivity index (χ0v) is 21.2. The molecular formula is C29H26BrNO4. The van der Waals surface area contributed by atoms with Gasteiger partial charge in [-0.25, -0.2) is 0 Å². The number of hydrogen-bond acceptors (Lipinski definition) is 4. The van der Waals surface area contributed by atoms with Gasteiger partial charge in [-0.05, 0) is 70.3 Å². The van der Waals surface area contributed by atoms with E-state index in [9.17, 15) is 4.79 Å². The van der Waals surface area contributed by atoms with Crippen LogP contribution in [0, 0.1) is 0 Å². The van der Waals surface area contributed by atoms with Crippen LogP contribution in [0.25, 0.3) is 10.8 Å². The van der Waals surface area contributed by atoms with Gasteiger partial charge in [0.05, 0.1) is 20.3 Å². The third-order valence-corrected chi connectivity index (χ3v) is 6.94. The number of hydrogen-bond donors (Lipinski definition) is 0. The highest BCUT2D eigenvalue weighted by molar-refractivity contribution is 9.10. The SMILES string of the molecule is COc1cc2c(cc1OC)[C@H](c1ccccc1)N(C(=O)COc1ccc3cc(Br)ccc3c1)CC2. The first-order valence-corrected chi connectivity index (χ1v) is 12.3. The van der Waals surface area contributed by atoms with Crippen molar-refractivity contribution in [3.63, 3.8) is 0 Å². The lowest BCUT2D eigenvalue weighted by Gasteiger charge is -2.38. The summed E-state index contributed by atoms with van der Waals surface area (Å²) in [5.41, 5.74) is 3.25. The minimum atomic E-state index is -0.232. The van der Waals surface area contributed by atoms with E-state index in [1.165, 1.54) is 0 Å². The first-order valence-electron chi connectivity index (χ1n) is 11.5. The van der Waals surface area contributed by atoms with Crippen LogP contribution < -0.4 is 14.2 Å². The molecule has 0 spiro atoms. The van der Waals surface area contributed by atoms with Crippen LogP contribution in [0.1, 0.15) is 22.7 Å². The van der Waals surface area contributed by atoms with Crippen molar-refractivity contribution < 1.29 is 19.0 Å². The van der Waals surface area contributed by atoms with Crippen LogP contribution in [0.3, 0.4) is 0 Å². The predicted molar refractivity (Wildman–Crippen MR) is 140 cm³/mol. The molecule has 6 heteroatoms.